The molecule has 1 radical (unpaired) electrons. The summed E-state index contributed by atoms with van der Waals surface area (Å²) in [5.74, 6) is 0.951. The molecule has 0 rings (SSSR count). The first kappa shape index (κ1) is 11.1. The molecule has 0 saturated carbocycles. The van der Waals surface area contributed by atoms with Crippen molar-refractivity contribution in [2.45, 2.75) is 38.5 Å². The molecule has 0 nitrogen and oxygen atoms in total. The van der Waals surface area contributed by atoms with Gasteiger partial charge in [0.05, 0.1) is 0 Å². The maximum atomic E-state index is 4.85. The van der Waals surface area contributed by atoms with E-state index in [-0.39, 0.29) is 0 Å². The lowest BCUT2D eigenvalue weighted by Gasteiger charge is -1.96. The van der Waals surface area contributed by atoms with E-state index < -0.39 is 0 Å². The van der Waals surface area contributed by atoms with Crippen molar-refractivity contribution in [3.05, 3.63) is 0 Å². The van der Waals surface area contributed by atoms with Crippen molar-refractivity contribution in [3.8, 4) is 0 Å². The topological polar surface area (TPSA) is 0 Å². The van der Waals surface area contributed by atoms with Crippen LogP contribution in [0.5, 0.6) is 0 Å². The summed E-state index contributed by atoms with van der Waals surface area (Å²) in [4.78, 5) is 0. The van der Waals surface area contributed by atoms with E-state index in [0.717, 1.165) is 5.75 Å². The third kappa shape index (κ3) is 9.08. The average molecular weight is 271 g/mol. The fourth-order valence-electron chi connectivity index (χ4n) is 0.904. The lowest BCUT2D eigenvalue weighted by molar-refractivity contribution is 0.631. The van der Waals surface area contributed by atoms with Crippen molar-refractivity contribution in [1.29, 1.82) is 0 Å². The van der Waals surface area contributed by atoms with E-state index in [9.17, 15) is 0 Å². The van der Waals surface area contributed by atoms with Gasteiger partial charge in [0, 0.05) is 5.75 Å². The number of halogens is 1. The normalized spacial score (nSPS) is 10.2. The molecule has 0 aliphatic carbocycles. The lowest BCUT2D eigenvalue weighted by atomic mass is 10.1. The quantitative estimate of drug-likeness (QED) is 0.373. The van der Waals surface area contributed by atoms with Crippen molar-refractivity contribution < 1.29 is 0 Å². The van der Waals surface area contributed by atoms with Crippen LogP contribution in [0.2, 0.25) is 0 Å². The molecule has 0 amide bonds. The summed E-state index contributed by atoms with van der Waals surface area (Å²) in [6, 6.07) is 0. The van der Waals surface area contributed by atoms with Gasteiger partial charge in [-0.25, -0.2) is 0 Å². The van der Waals surface area contributed by atoms with Crippen LogP contribution in [0.25, 0.3) is 0 Å². The fraction of sp³-hybridized carbons (Fsp3) is 1.00. The monoisotopic (exact) mass is 271 g/mol. The Labute approximate surface area is 83.7 Å². The van der Waals surface area contributed by atoms with Gasteiger partial charge in [0.25, 0.3) is 0 Å². The minimum Gasteiger partial charge on any atom is -0.0942 e. The van der Waals surface area contributed by atoms with Crippen molar-refractivity contribution in [2.75, 3.05) is 10.2 Å². The Morgan fingerprint density at radius 2 is 1.30 bits per heavy atom. The smallest absolute Gasteiger partial charge is 0.00369 e. The molecule has 0 bridgehead atoms. The Morgan fingerprint density at radius 3 is 1.80 bits per heavy atom. The van der Waals surface area contributed by atoms with E-state index in [2.05, 4.69) is 22.6 Å². The number of hydrogen-bond donors (Lipinski definition) is 0. The van der Waals surface area contributed by atoms with E-state index in [1.807, 2.05) is 0 Å². The molecule has 0 aliphatic rings. The Morgan fingerprint density at radius 1 is 0.800 bits per heavy atom. The van der Waals surface area contributed by atoms with Crippen LogP contribution in [0.3, 0.4) is 0 Å². The van der Waals surface area contributed by atoms with Crippen molar-refractivity contribution in [3.63, 3.8) is 0 Å². The van der Waals surface area contributed by atoms with Crippen LogP contribution in [-0.2, 0) is 0 Å². The minimum absolute atomic E-state index is 0.951. The highest BCUT2D eigenvalue weighted by Gasteiger charge is 1.88. The SMILES string of the molecule is [S]CCCCCCCCI. The second kappa shape index (κ2) is 10.1. The largest absolute Gasteiger partial charge is 0.0942 e. The van der Waals surface area contributed by atoms with E-state index in [1.165, 1.54) is 43.0 Å². The van der Waals surface area contributed by atoms with Crippen LogP contribution in [0.4, 0.5) is 0 Å². The highest BCUT2D eigenvalue weighted by atomic mass is 127. The third-order valence-corrected chi connectivity index (χ3v) is 2.58. The summed E-state index contributed by atoms with van der Waals surface area (Å²) in [5, 5.41) is 0. The third-order valence-electron chi connectivity index (χ3n) is 1.53. The van der Waals surface area contributed by atoms with Gasteiger partial charge in [0.1, 0.15) is 0 Å². The number of alkyl halides is 1. The molecule has 0 saturated heterocycles. The summed E-state index contributed by atoms with van der Waals surface area (Å²) in [6.07, 6.45) is 8.23. The average Bonchev–Trinajstić information content (AvgIpc) is 1.97. The minimum atomic E-state index is 0.951. The first-order chi connectivity index (χ1) is 4.91. The lowest BCUT2D eigenvalue weighted by Crippen LogP contribution is -1.80. The Hall–Kier alpha value is 1.08. The predicted molar refractivity (Wildman–Crippen MR) is 59.0 cm³/mol. The van der Waals surface area contributed by atoms with Crippen molar-refractivity contribution >= 4 is 35.2 Å². The maximum absolute atomic E-state index is 4.85. The second-order valence-corrected chi connectivity index (χ2v) is 4.00. The highest BCUT2D eigenvalue weighted by Crippen LogP contribution is 2.06. The van der Waals surface area contributed by atoms with Crippen LogP contribution < -0.4 is 0 Å². The molecule has 10 heavy (non-hydrogen) atoms. The van der Waals surface area contributed by atoms with Crippen LogP contribution in [0.1, 0.15) is 38.5 Å². The van der Waals surface area contributed by atoms with Crippen molar-refractivity contribution in [1.82, 2.24) is 0 Å². The van der Waals surface area contributed by atoms with Gasteiger partial charge in [0.2, 0.25) is 0 Å². The predicted octanol–water partition coefficient (Wildman–Crippen LogP) is 3.96. The van der Waals surface area contributed by atoms with Gasteiger partial charge >= 0.3 is 0 Å². The first-order valence-electron chi connectivity index (χ1n) is 4.06. The molecule has 0 aromatic carbocycles. The summed E-state index contributed by atoms with van der Waals surface area (Å²) in [6.45, 7) is 0. The zero-order valence-electron chi connectivity index (χ0n) is 6.44. The molecule has 0 aromatic rings. The second-order valence-electron chi connectivity index (χ2n) is 2.51. The van der Waals surface area contributed by atoms with E-state index in [4.69, 9.17) is 12.6 Å². The van der Waals surface area contributed by atoms with Crippen LogP contribution in [0.15, 0.2) is 0 Å². The van der Waals surface area contributed by atoms with Crippen LogP contribution >= 0.6 is 35.2 Å². The molecule has 0 atom stereocenters. The molecule has 0 fully saturated rings. The van der Waals surface area contributed by atoms with Gasteiger partial charge in [-0.05, 0) is 17.3 Å². The standard InChI is InChI=1S/C8H16IS/c9-7-5-3-1-2-4-6-8-10/h1-8H2. The van der Waals surface area contributed by atoms with Crippen LogP contribution in [-0.4, -0.2) is 10.2 Å². The number of rotatable bonds is 7. The molecule has 0 heterocycles. The van der Waals surface area contributed by atoms with E-state index >= 15 is 0 Å². The highest BCUT2D eigenvalue weighted by molar-refractivity contribution is 14.1. The molecule has 0 unspecified atom stereocenters. The summed E-state index contributed by atoms with van der Waals surface area (Å²) in [5.41, 5.74) is 0. The molecular formula is C8H16IS. The summed E-state index contributed by atoms with van der Waals surface area (Å²) in [7, 11) is 0. The molecular weight excluding hydrogens is 255 g/mol. The maximum Gasteiger partial charge on any atom is 0.00369 e. The molecule has 0 aromatic heterocycles. The van der Waals surface area contributed by atoms with Crippen molar-refractivity contribution in [2.24, 2.45) is 0 Å². The summed E-state index contributed by atoms with van der Waals surface area (Å²) < 4.78 is 1.32. The molecule has 0 spiro atoms. The van der Waals surface area contributed by atoms with Gasteiger partial charge < -0.3 is 0 Å². The number of hydrogen-bond acceptors (Lipinski definition) is 0. The van der Waals surface area contributed by atoms with Gasteiger partial charge in [-0.15, -0.1) is 0 Å². The Bertz CT molecular complexity index is 49.2. The van der Waals surface area contributed by atoms with Gasteiger partial charge in [-0.2, -0.15) is 0 Å². The Kier molecular flexibility index (Phi) is 11.2. The van der Waals surface area contributed by atoms with E-state index in [1.54, 1.807) is 0 Å². The fourth-order valence-corrected chi connectivity index (χ4v) is 1.65. The van der Waals surface area contributed by atoms with Gasteiger partial charge in [0.15, 0.2) is 0 Å². The molecule has 0 aliphatic heterocycles. The zero-order chi connectivity index (χ0) is 7.66. The molecule has 0 N–H and O–H groups in total. The molecule has 2 heteroatoms. The van der Waals surface area contributed by atoms with Gasteiger partial charge in [-0.3, -0.25) is 0 Å². The Balaban J connectivity index is 2.65. The van der Waals surface area contributed by atoms with Crippen LogP contribution in [0, 0.1) is 0 Å². The molecule has 61 valence electrons. The zero-order valence-corrected chi connectivity index (χ0v) is 9.42. The number of unbranched alkanes of at least 4 members (excludes halogenated alkanes) is 5. The summed E-state index contributed by atoms with van der Waals surface area (Å²) >= 11 is 7.29. The van der Waals surface area contributed by atoms with E-state index in [0.29, 0.717) is 0 Å². The van der Waals surface area contributed by atoms with Gasteiger partial charge in [-0.1, -0.05) is 60.9 Å². The first-order valence-corrected chi connectivity index (χ1v) is 6.16.